The molecule has 0 spiro atoms. The Morgan fingerprint density at radius 1 is 1.25 bits per heavy atom. The number of para-hydroxylation sites is 1. The quantitative estimate of drug-likeness (QED) is 0.667. The second kappa shape index (κ2) is 8.06. The standard InChI is InChI=1S/C20H18N4O3S/c1-12-17(13(2)24(23-12)16-7-5-4-6-8-16)20(26)27-14(3)18(25)22-19-15(11-21)9-10-28-19/h4-10,14H,1-3H3,(H,22,25)/t14-/m1/s1. The van der Waals surface area contributed by atoms with Crippen LogP contribution in [0, 0.1) is 25.2 Å². The predicted octanol–water partition coefficient (Wildman–Crippen LogP) is 3.61. The Morgan fingerprint density at radius 3 is 2.64 bits per heavy atom. The Labute approximate surface area is 166 Å². The fourth-order valence-electron chi connectivity index (χ4n) is 2.74. The molecule has 28 heavy (non-hydrogen) atoms. The summed E-state index contributed by atoms with van der Waals surface area (Å²) in [4.78, 5) is 25.0. The van der Waals surface area contributed by atoms with Crippen molar-refractivity contribution in [1.82, 2.24) is 9.78 Å². The number of anilines is 1. The second-order valence-electron chi connectivity index (χ2n) is 6.11. The first-order valence-electron chi connectivity index (χ1n) is 8.53. The number of nitrogens with zero attached hydrogens (tertiary/aromatic N) is 3. The Balaban J connectivity index is 1.75. The van der Waals surface area contributed by atoms with E-state index in [1.807, 2.05) is 36.4 Å². The van der Waals surface area contributed by atoms with E-state index in [4.69, 9.17) is 10.00 Å². The number of hydrogen-bond donors (Lipinski definition) is 1. The molecule has 3 aromatic rings. The summed E-state index contributed by atoms with van der Waals surface area (Å²) in [5, 5.41) is 18.2. The molecule has 0 saturated carbocycles. The van der Waals surface area contributed by atoms with E-state index >= 15 is 0 Å². The lowest BCUT2D eigenvalue weighted by Crippen LogP contribution is -2.30. The zero-order valence-corrected chi connectivity index (χ0v) is 16.4. The van der Waals surface area contributed by atoms with E-state index in [1.165, 1.54) is 18.3 Å². The second-order valence-corrected chi connectivity index (χ2v) is 7.02. The van der Waals surface area contributed by atoms with E-state index in [0.717, 1.165) is 5.69 Å². The highest BCUT2D eigenvalue weighted by Crippen LogP contribution is 2.23. The van der Waals surface area contributed by atoms with Gasteiger partial charge in [-0.05, 0) is 44.4 Å². The normalized spacial score (nSPS) is 11.5. The van der Waals surface area contributed by atoms with Crippen LogP contribution in [-0.4, -0.2) is 27.8 Å². The first kappa shape index (κ1) is 19.3. The van der Waals surface area contributed by atoms with Crippen molar-refractivity contribution in [3.63, 3.8) is 0 Å². The van der Waals surface area contributed by atoms with Crippen LogP contribution in [0.15, 0.2) is 41.8 Å². The number of aromatic nitrogens is 2. The van der Waals surface area contributed by atoms with Crippen molar-refractivity contribution >= 4 is 28.2 Å². The largest absolute Gasteiger partial charge is 0.449 e. The molecule has 1 N–H and O–H groups in total. The molecule has 0 fully saturated rings. The highest BCUT2D eigenvalue weighted by Gasteiger charge is 2.25. The maximum Gasteiger partial charge on any atom is 0.342 e. The summed E-state index contributed by atoms with van der Waals surface area (Å²) < 4.78 is 7.02. The van der Waals surface area contributed by atoms with Gasteiger partial charge >= 0.3 is 5.97 Å². The number of amides is 1. The van der Waals surface area contributed by atoms with Crippen LogP contribution in [0.25, 0.3) is 5.69 Å². The molecular weight excluding hydrogens is 376 g/mol. The third-order valence-electron chi connectivity index (χ3n) is 4.17. The molecule has 7 nitrogen and oxygen atoms in total. The number of nitriles is 1. The Morgan fingerprint density at radius 2 is 1.96 bits per heavy atom. The van der Waals surface area contributed by atoms with E-state index in [9.17, 15) is 9.59 Å². The Bertz CT molecular complexity index is 1060. The minimum absolute atomic E-state index is 0.331. The van der Waals surface area contributed by atoms with Gasteiger partial charge in [-0.15, -0.1) is 11.3 Å². The number of carbonyl (C=O) groups excluding carboxylic acids is 2. The van der Waals surface area contributed by atoms with Crippen LogP contribution in [0.3, 0.4) is 0 Å². The van der Waals surface area contributed by atoms with Gasteiger partial charge in [-0.3, -0.25) is 4.79 Å². The van der Waals surface area contributed by atoms with Crippen molar-refractivity contribution in [2.24, 2.45) is 0 Å². The van der Waals surface area contributed by atoms with Gasteiger partial charge in [0.15, 0.2) is 6.10 Å². The molecule has 1 atom stereocenters. The van der Waals surface area contributed by atoms with Crippen LogP contribution in [0.4, 0.5) is 5.00 Å². The molecule has 0 aliphatic rings. The van der Waals surface area contributed by atoms with Crippen molar-refractivity contribution in [3.05, 3.63) is 64.3 Å². The molecule has 8 heteroatoms. The van der Waals surface area contributed by atoms with Gasteiger partial charge in [0.25, 0.3) is 5.91 Å². The van der Waals surface area contributed by atoms with E-state index in [1.54, 1.807) is 30.0 Å². The van der Waals surface area contributed by atoms with E-state index < -0.39 is 18.0 Å². The van der Waals surface area contributed by atoms with Crippen LogP contribution in [0.2, 0.25) is 0 Å². The van der Waals surface area contributed by atoms with Gasteiger partial charge in [0.1, 0.15) is 16.6 Å². The van der Waals surface area contributed by atoms with Gasteiger partial charge < -0.3 is 10.1 Å². The van der Waals surface area contributed by atoms with Crippen molar-refractivity contribution in [2.75, 3.05) is 5.32 Å². The van der Waals surface area contributed by atoms with Crippen molar-refractivity contribution < 1.29 is 14.3 Å². The van der Waals surface area contributed by atoms with Gasteiger partial charge in [0.2, 0.25) is 0 Å². The maximum absolute atomic E-state index is 12.7. The topological polar surface area (TPSA) is 97.0 Å². The first-order chi connectivity index (χ1) is 13.4. The average molecular weight is 394 g/mol. The summed E-state index contributed by atoms with van der Waals surface area (Å²) in [6, 6.07) is 13.1. The SMILES string of the molecule is Cc1nn(-c2ccccc2)c(C)c1C(=O)O[C@H](C)C(=O)Nc1sccc1C#N. The van der Waals surface area contributed by atoms with Gasteiger partial charge in [0, 0.05) is 0 Å². The number of carbonyl (C=O) groups is 2. The van der Waals surface area contributed by atoms with Crippen LogP contribution in [0.1, 0.15) is 34.2 Å². The monoisotopic (exact) mass is 394 g/mol. The van der Waals surface area contributed by atoms with Gasteiger partial charge in [-0.2, -0.15) is 10.4 Å². The summed E-state index contributed by atoms with van der Waals surface area (Å²) in [5.74, 6) is -1.12. The Hall–Kier alpha value is -3.44. The lowest BCUT2D eigenvalue weighted by Gasteiger charge is -2.13. The number of ether oxygens (including phenoxy) is 1. The van der Waals surface area contributed by atoms with Crippen LogP contribution < -0.4 is 5.32 Å². The molecule has 0 unspecified atom stereocenters. The molecule has 0 aliphatic carbocycles. The molecular formula is C20H18N4O3S. The summed E-state index contributed by atoms with van der Waals surface area (Å²) in [6.45, 7) is 4.98. The van der Waals surface area contributed by atoms with Crippen molar-refractivity contribution in [3.8, 4) is 11.8 Å². The molecule has 3 rings (SSSR count). The van der Waals surface area contributed by atoms with Gasteiger partial charge in [-0.1, -0.05) is 18.2 Å². The van der Waals surface area contributed by atoms with Crippen LogP contribution in [0.5, 0.6) is 0 Å². The molecule has 0 saturated heterocycles. The lowest BCUT2D eigenvalue weighted by atomic mass is 10.2. The van der Waals surface area contributed by atoms with Gasteiger partial charge in [-0.25, -0.2) is 9.48 Å². The zero-order chi connectivity index (χ0) is 20.3. The molecule has 0 aliphatic heterocycles. The van der Waals surface area contributed by atoms with Crippen LogP contribution >= 0.6 is 11.3 Å². The van der Waals surface area contributed by atoms with Crippen molar-refractivity contribution in [2.45, 2.75) is 26.9 Å². The molecule has 0 bridgehead atoms. The average Bonchev–Trinajstić information content (AvgIpc) is 3.25. The van der Waals surface area contributed by atoms with E-state index in [0.29, 0.717) is 27.5 Å². The lowest BCUT2D eigenvalue weighted by molar-refractivity contribution is -0.123. The van der Waals surface area contributed by atoms with Crippen molar-refractivity contribution in [1.29, 1.82) is 5.26 Å². The fourth-order valence-corrected chi connectivity index (χ4v) is 3.48. The molecule has 1 amide bonds. The van der Waals surface area contributed by atoms with E-state index in [-0.39, 0.29) is 0 Å². The highest BCUT2D eigenvalue weighted by atomic mass is 32.1. The van der Waals surface area contributed by atoms with Gasteiger partial charge in [0.05, 0.1) is 22.6 Å². The summed E-state index contributed by atoms with van der Waals surface area (Å²) in [5.41, 5.74) is 2.68. The summed E-state index contributed by atoms with van der Waals surface area (Å²) >= 11 is 1.23. The molecule has 1 aromatic carbocycles. The number of aryl methyl sites for hydroxylation is 1. The summed E-state index contributed by atoms with van der Waals surface area (Å²) in [7, 11) is 0. The number of esters is 1. The van der Waals surface area contributed by atoms with E-state index in [2.05, 4.69) is 10.4 Å². The number of benzene rings is 1. The summed E-state index contributed by atoms with van der Waals surface area (Å²) in [6.07, 6.45) is -1.03. The zero-order valence-electron chi connectivity index (χ0n) is 15.6. The smallest absolute Gasteiger partial charge is 0.342 e. The fraction of sp³-hybridized carbons (Fsp3) is 0.200. The highest BCUT2D eigenvalue weighted by molar-refractivity contribution is 7.14. The molecule has 142 valence electrons. The molecule has 2 heterocycles. The maximum atomic E-state index is 12.7. The minimum atomic E-state index is -1.03. The van der Waals surface area contributed by atoms with Crippen LogP contribution in [-0.2, 0) is 9.53 Å². The predicted molar refractivity (Wildman–Crippen MR) is 106 cm³/mol. The number of rotatable bonds is 5. The minimum Gasteiger partial charge on any atom is -0.449 e. The Kier molecular flexibility index (Phi) is 5.57. The third-order valence-corrected chi connectivity index (χ3v) is 5.00. The number of nitrogens with one attached hydrogen (secondary N) is 1. The number of hydrogen-bond acceptors (Lipinski definition) is 6. The molecule has 2 aromatic heterocycles. The number of thiophene rings is 1. The molecule has 0 radical (unpaired) electrons. The third kappa shape index (κ3) is 3.80. The first-order valence-corrected chi connectivity index (χ1v) is 9.41.